The van der Waals surface area contributed by atoms with Crippen molar-refractivity contribution in [3.63, 3.8) is 0 Å². The molecule has 0 radical (unpaired) electrons. The fourth-order valence-electron chi connectivity index (χ4n) is 3.34. The van der Waals surface area contributed by atoms with Gasteiger partial charge in [-0.05, 0) is 12.8 Å². The number of carbonyl (C=O) groups is 2. The number of methoxy groups -OCH3 is 2. The Hall–Kier alpha value is -1.40. The minimum atomic E-state index is -0.468. The lowest BCUT2D eigenvalue weighted by atomic mass is 9.56. The molecule has 2 fully saturated rings. The van der Waals surface area contributed by atoms with Crippen LogP contribution in [0.1, 0.15) is 12.8 Å². The molecule has 0 aromatic rings. The molecular formula is C13H16O6. The van der Waals surface area contributed by atoms with E-state index >= 15 is 0 Å². The molecule has 2 aliphatic heterocycles. The normalized spacial score (nSPS) is 40.2. The highest BCUT2D eigenvalue weighted by atomic mass is 16.7. The van der Waals surface area contributed by atoms with Crippen LogP contribution in [0.4, 0.5) is 0 Å². The van der Waals surface area contributed by atoms with Gasteiger partial charge in [-0.25, -0.2) is 4.79 Å². The first-order chi connectivity index (χ1) is 9.17. The molecule has 6 nitrogen and oxygen atoms in total. The van der Waals surface area contributed by atoms with Gasteiger partial charge in [-0.1, -0.05) is 0 Å². The standard InChI is InChI=1S/C13H16O6/c1-16-8-4-3-6-10-9(11(6)19-8)7(12(14)17-2)5-18-13(10)15/h5-6,8-11H,3-4H2,1-2H3/t6-,8+,9+,10+,11-/m1/s1. The van der Waals surface area contributed by atoms with Crippen LogP contribution in [-0.2, 0) is 28.5 Å². The Morgan fingerprint density at radius 1 is 1.32 bits per heavy atom. The molecule has 0 spiro atoms. The maximum absolute atomic E-state index is 11.8. The summed E-state index contributed by atoms with van der Waals surface area (Å²) in [5, 5.41) is 0. The topological polar surface area (TPSA) is 71.1 Å². The smallest absolute Gasteiger partial charge is 0.337 e. The van der Waals surface area contributed by atoms with Gasteiger partial charge in [0.15, 0.2) is 6.29 Å². The number of fused-ring (bicyclic) bond motifs is 4. The predicted molar refractivity (Wildman–Crippen MR) is 61.6 cm³/mol. The van der Waals surface area contributed by atoms with E-state index in [0.717, 1.165) is 12.8 Å². The Balaban J connectivity index is 1.85. The second-order valence-electron chi connectivity index (χ2n) is 5.06. The van der Waals surface area contributed by atoms with Gasteiger partial charge in [0, 0.05) is 18.9 Å². The van der Waals surface area contributed by atoms with Crippen molar-refractivity contribution in [1.82, 2.24) is 0 Å². The molecule has 0 aromatic carbocycles. The van der Waals surface area contributed by atoms with Crippen LogP contribution in [0.25, 0.3) is 0 Å². The summed E-state index contributed by atoms with van der Waals surface area (Å²) in [6.07, 6.45) is 2.37. The van der Waals surface area contributed by atoms with Crippen molar-refractivity contribution in [2.75, 3.05) is 14.2 Å². The van der Waals surface area contributed by atoms with Gasteiger partial charge in [0.05, 0.1) is 24.7 Å². The quantitative estimate of drug-likeness (QED) is 0.683. The van der Waals surface area contributed by atoms with Crippen molar-refractivity contribution in [2.45, 2.75) is 25.2 Å². The van der Waals surface area contributed by atoms with E-state index in [1.165, 1.54) is 13.4 Å². The highest BCUT2D eigenvalue weighted by Gasteiger charge is 2.61. The number of carbonyl (C=O) groups excluding carboxylic acids is 2. The number of hydrogen-bond donors (Lipinski definition) is 0. The van der Waals surface area contributed by atoms with E-state index in [1.54, 1.807) is 7.11 Å². The molecule has 6 heteroatoms. The van der Waals surface area contributed by atoms with Crippen LogP contribution in [-0.4, -0.2) is 38.6 Å². The largest absolute Gasteiger partial charge is 0.466 e. The Morgan fingerprint density at radius 3 is 2.79 bits per heavy atom. The third kappa shape index (κ3) is 1.78. The Morgan fingerprint density at radius 2 is 2.11 bits per heavy atom. The van der Waals surface area contributed by atoms with E-state index in [2.05, 4.69) is 0 Å². The van der Waals surface area contributed by atoms with E-state index in [4.69, 9.17) is 18.9 Å². The fourth-order valence-corrected chi connectivity index (χ4v) is 3.34. The third-order valence-corrected chi connectivity index (χ3v) is 4.29. The van der Waals surface area contributed by atoms with Gasteiger partial charge in [-0.15, -0.1) is 0 Å². The van der Waals surface area contributed by atoms with Gasteiger partial charge in [-0.2, -0.15) is 0 Å². The number of rotatable bonds is 2. The van der Waals surface area contributed by atoms with Gasteiger partial charge in [0.25, 0.3) is 0 Å². The molecule has 1 aliphatic carbocycles. The average Bonchev–Trinajstić information content (AvgIpc) is 2.42. The van der Waals surface area contributed by atoms with E-state index in [9.17, 15) is 9.59 Å². The first kappa shape index (κ1) is 12.6. The number of esters is 2. The van der Waals surface area contributed by atoms with Crippen LogP contribution in [0.15, 0.2) is 11.8 Å². The minimum Gasteiger partial charge on any atom is -0.466 e. The van der Waals surface area contributed by atoms with Gasteiger partial charge in [0.2, 0.25) is 0 Å². The summed E-state index contributed by atoms with van der Waals surface area (Å²) in [7, 11) is 2.90. The zero-order valence-corrected chi connectivity index (χ0v) is 10.8. The summed E-state index contributed by atoms with van der Waals surface area (Å²) in [6, 6.07) is 0. The van der Waals surface area contributed by atoms with E-state index < -0.39 is 5.97 Å². The summed E-state index contributed by atoms with van der Waals surface area (Å²) in [6.45, 7) is 0. The van der Waals surface area contributed by atoms with Gasteiger partial charge in [-0.3, -0.25) is 4.79 Å². The molecule has 5 atom stereocenters. The van der Waals surface area contributed by atoms with Crippen molar-refractivity contribution < 1.29 is 28.5 Å². The molecule has 0 amide bonds. The molecular weight excluding hydrogens is 252 g/mol. The van der Waals surface area contributed by atoms with Gasteiger partial charge >= 0.3 is 11.9 Å². The Bertz CT molecular complexity index is 442. The summed E-state index contributed by atoms with van der Waals surface area (Å²) in [4.78, 5) is 23.5. The van der Waals surface area contributed by atoms with Gasteiger partial charge < -0.3 is 18.9 Å². The lowest BCUT2D eigenvalue weighted by Crippen LogP contribution is -2.62. The van der Waals surface area contributed by atoms with Crippen LogP contribution in [0.2, 0.25) is 0 Å². The molecule has 0 N–H and O–H groups in total. The van der Waals surface area contributed by atoms with Crippen LogP contribution < -0.4 is 0 Å². The number of cyclic esters (lactones) is 1. The monoisotopic (exact) mass is 268 g/mol. The summed E-state index contributed by atoms with van der Waals surface area (Å²) < 4.78 is 20.7. The van der Waals surface area contributed by atoms with Crippen LogP contribution in [0.3, 0.4) is 0 Å². The molecule has 19 heavy (non-hydrogen) atoms. The minimum absolute atomic E-state index is 0.109. The van der Waals surface area contributed by atoms with Crippen molar-refractivity contribution in [3.8, 4) is 0 Å². The number of hydrogen-bond acceptors (Lipinski definition) is 6. The van der Waals surface area contributed by atoms with E-state index in [0.29, 0.717) is 5.57 Å². The highest BCUT2D eigenvalue weighted by Crippen LogP contribution is 2.54. The summed E-state index contributed by atoms with van der Waals surface area (Å²) >= 11 is 0. The fraction of sp³-hybridized carbons (Fsp3) is 0.692. The van der Waals surface area contributed by atoms with Crippen molar-refractivity contribution in [3.05, 3.63) is 11.8 Å². The molecule has 0 bridgehead atoms. The predicted octanol–water partition coefficient (Wildman–Crippen LogP) is 0.614. The van der Waals surface area contributed by atoms with Crippen LogP contribution in [0, 0.1) is 17.8 Å². The molecule has 1 saturated heterocycles. The molecule has 1 saturated carbocycles. The highest BCUT2D eigenvalue weighted by molar-refractivity contribution is 5.93. The SMILES string of the molecule is COC(=O)C1=COC(=O)[C@H]2[C@H]3CC[C@@H](OC)O[C@H]3[C@@H]12. The lowest BCUT2D eigenvalue weighted by Gasteiger charge is -2.54. The van der Waals surface area contributed by atoms with Crippen LogP contribution in [0.5, 0.6) is 0 Å². The second-order valence-corrected chi connectivity index (χ2v) is 5.06. The first-order valence-electron chi connectivity index (χ1n) is 6.34. The molecule has 3 rings (SSSR count). The Kier molecular flexibility index (Phi) is 3.06. The summed E-state index contributed by atoms with van der Waals surface area (Å²) in [5.41, 5.74) is 0.380. The zero-order valence-electron chi connectivity index (χ0n) is 10.8. The molecule has 104 valence electrons. The van der Waals surface area contributed by atoms with E-state index in [-0.39, 0.29) is 36.1 Å². The van der Waals surface area contributed by atoms with Crippen molar-refractivity contribution in [1.29, 1.82) is 0 Å². The average molecular weight is 268 g/mol. The van der Waals surface area contributed by atoms with Crippen molar-refractivity contribution in [2.24, 2.45) is 17.8 Å². The second kappa shape index (κ2) is 4.61. The maximum Gasteiger partial charge on any atom is 0.337 e. The third-order valence-electron chi connectivity index (χ3n) is 4.29. The van der Waals surface area contributed by atoms with Crippen molar-refractivity contribution >= 4 is 11.9 Å². The molecule has 3 aliphatic rings. The number of ether oxygens (including phenoxy) is 4. The summed E-state index contributed by atoms with van der Waals surface area (Å²) in [5.74, 6) is -1.20. The van der Waals surface area contributed by atoms with Gasteiger partial charge in [0.1, 0.15) is 6.26 Å². The van der Waals surface area contributed by atoms with E-state index in [1.807, 2.05) is 0 Å². The Labute approximate surface area is 110 Å². The molecule has 0 unspecified atom stereocenters. The first-order valence-corrected chi connectivity index (χ1v) is 6.34. The maximum atomic E-state index is 11.8. The molecule has 0 aromatic heterocycles. The lowest BCUT2D eigenvalue weighted by molar-refractivity contribution is -0.262. The molecule has 2 heterocycles. The van der Waals surface area contributed by atoms with Crippen LogP contribution >= 0.6 is 0 Å². The zero-order chi connectivity index (χ0) is 13.6.